The molecule has 4 nitrogen and oxygen atoms in total. The highest BCUT2D eigenvalue weighted by atomic mass is 32.1. The largest absolute Gasteiger partial charge is 0.373 e. The van der Waals surface area contributed by atoms with Gasteiger partial charge in [0.25, 0.3) is 0 Å². The lowest BCUT2D eigenvalue weighted by molar-refractivity contribution is 1.08. The van der Waals surface area contributed by atoms with E-state index in [9.17, 15) is 0 Å². The number of thiazole rings is 1. The van der Waals surface area contributed by atoms with Crippen LogP contribution in [0.1, 0.15) is 16.1 Å². The Morgan fingerprint density at radius 2 is 2.04 bits per heavy atom. The van der Waals surface area contributed by atoms with Crippen molar-refractivity contribution in [2.45, 2.75) is 6.54 Å². The molecule has 0 saturated carbocycles. The van der Waals surface area contributed by atoms with E-state index in [1.54, 1.807) is 11.3 Å². The molecule has 1 aromatic carbocycles. The molecule has 2 heterocycles. The van der Waals surface area contributed by atoms with Crippen molar-refractivity contribution in [3.05, 3.63) is 64.8 Å². The minimum absolute atomic E-state index is 0.558. The number of allylic oxidation sites excluding steroid dienone is 2. The highest BCUT2D eigenvalue weighted by Crippen LogP contribution is 2.24. The fourth-order valence-corrected chi connectivity index (χ4v) is 3.09. The van der Waals surface area contributed by atoms with Crippen molar-refractivity contribution in [3.63, 3.8) is 0 Å². The molecule has 0 amide bonds. The van der Waals surface area contributed by atoms with Gasteiger partial charge in [-0.2, -0.15) is 0 Å². The van der Waals surface area contributed by atoms with Crippen LogP contribution >= 0.6 is 11.3 Å². The SMILES string of the molecule is CNc1ccc(/C=C/C=C/c2nc3ccc(CN)cc3s2)cn1. The monoisotopic (exact) mass is 322 g/mol. The van der Waals surface area contributed by atoms with Crippen molar-refractivity contribution >= 4 is 39.5 Å². The van der Waals surface area contributed by atoms with E-state index in [2.05, 4.69) is 21.4 Å². The number of nitrogens with zero attached hydrogens (tertiary/aromatic N) is 2. The molecule has 0 radical (unpaired) electrons. The number of nitrogens with two attached hydrogens (primary N) is 1. The second-order valence-corrected chi connectivity index (χ2v) is 6.07. The van der Waals surface area contributed by atoms with Gasteiger partial charge in [-0.1, -0.05) is 24.3 Å². The predicted molar refractivity (Wildman–Crippen MR) is 99.4 cm³/mol. The molecule has 3 aromatic rings. The number of aromatic nitrogens is 2. The Bertz CT molecular complexity index is 847. The highest BCUT2D eigenvalue weighted by Gasteiger charge is 2.01. The van der Waals surface area contributed by atoms with Crippen molar-refractivity contribution in [2.24, 2.45) is 5.73 Å². The fourth-order valence-electron chi connectivity index (χ4n) is 2.14. The molecule has 0 saturated heterocycles. The summed E-state index contributed by atoms with van der Waals surface area (Å²) >= 11 is 1.67. The number of anilines is 1. The number of pyridine rings is 1. The van der Waals surface area contributed by atoms with Crippen molar-refractivity contribution < 1.29 is 0 Å². The van der Waals surface area contributed by atoms with Gasteiger partial charge in [-0.25, -0.2) is 9.97 Å². The van der Waals surface area contributed by atoms with Crippen LogP contribution in [0.2, 0.25) is 0 Å². The maximum Gasteiger partial charge on any atom is 0.125 e. The average Bonchev–Trinajstić information content (AvgIpc) is 3.01. The second kappa shape index (κ2) is 7.17. The number of nitrogens with one attached hydrogen (secondary N) is 1. The van der Waals surface area contributed by atoms with Crippen LogP contribution in [-0.2, 0) is 6.54 Å². The molecule has 116 valence electrons. The van der Waals surface area contributed by atoms with Crippen LogP contribution in [0.4, 0.5) is 5.82 Å². The molecule has 3 N–H and O–H groups in total. The van der Waals surface area contributed by atoms with Crippen molar-refractivity contribution in [2.75, 3.05) is 12.4 Å². The molecule has 0 fully saturated rings. The summed E-state index contributed by atoms with van der Waals surface area (Å²) in [5.41, 5.74) is 8.88. The molecule has 0 atom stereocenters. The van der Waals surface area contributed by atoms with E-state index in [0.717, 1.165) is 27.5 Å². The molecule has 0 bridgehead atoms. The lowest BCUT2D eigenvalue weighted by Crippen LogP contribution is -1.94. The first-order valence-electron chi connectivity index (χ1n) is 7.36. The molecule has 3 rings (SSSR count). The molecule has 0 aliphatic rings. The zero-order valence-corrected chi connectivity index (χ0v) is 13.7. The molecule has 0 spiro atoms. The summed E-state index contributed by atoms with van der Waals surface area (Å²) in [6.07, 6.45) is 9.85. The van der Waals surface area contributed by atoms with Gasteiger partial charge in [-0.15, -0.1) is 11.3 Å². The third-order valence-corrected chi connectivity index (χ3v) is 4.37. The van der Waals surface area contributed by atoms with E-state index >= 15 is 0 Å². The number of rotatable bonds is 5. The molecular formula is C18H18N4S. The minimum atomic E-state index is 0.558. The first kappa shape index (κ1) is 15.4. The topological polar surface area (TPSA) is 63.8 Å². The number of benzene rings is 1. The van der Waals surface area contributed by atoms with Gasteiger partial charge >= 0.3 is 0 Å². The van der Waals surface area contributed by atoms with E-state index in [1.165, 1.54) is 4.70 Å². The molecular weight excluding hydrogens is 304 g/mol. The lowest BCUT2D eigenvalue weighted by Gasteiger charge is -1.97. The maximum atomic E-state index is 5.67. The average molecular weight is 322 g/mol. The van der Waals surface area contributed by atoms with E-state index in [4.69, 9.17) is 5.73 Å². The van der Waals surface area contributed by atoms with Crippen LogP contribution in [0, 0.1) is 0 Å². The van der Waals surface area contributed by atoms with Crippen LogP contribution < -0.4 is 11.1 Å². The summed E-state index contributed by atoms with van der Waals surface area (Å²) in [5.74, 6) is 0.865. The van der Waals surface area contributed by atoms with Crippen LogP contribution in [0.3, 0.4) is 0 Å². The third kappa shape index (κ3) is 3.83. The second-order valence-electron chi connectivity index (χ2n) is 5.00. The summed E-state index contributed by atoms with van der Waals surface area (Å²) in [6.45, 7) is 0.558. The van der Waals surface area contributed by atoms with Gasteiger partial charge in [0.2, 0.25) is 0 Å². The van der Waals surface area contributed by atoms with Crippen LogP contribution in [0.25, 0.3) is 22.4 Å². The number of fused-ring (bicyclic) bond motifs is 1. The van der Waals surface area contributed by atoms with Gasteiger partial charge in [0.05, 0.1) is 10.2 Å². The fraction of sp³-hybridized carbons (Fsp3) is 0.111. The Kier molecular flexibility index (Phi) is 4.80. The van der Waals surface area contributed by atoms with E-state index < -0.39 is 0 Å². The third-order valence-electron chi connectivity index (χ3n) is 3.39. The standard InChI is InChI=1S/C18H18N4S/c1-20-17-9-7-13(12-21-17)4-2-3-5-18-22-15-8-6-14(11-19)10-16(15)23-18/h2-10,12H,11,19H2,1H3,(H,20,21)/b4-2+,5-3+. The number of hydrogen-bond acceptors (Lipinski definition) is 5. The Morgan fingerprint density at radius 1 is 1.17 bits per heavy atom. The van der Waals surface area contributed by atoms with Gasteiger partial charge in [0.1, 0.15) is 10.8 Å². The quantitative estimate of drug-likeness (QED) is 0.699. The lowest BCUT2D eigenvalue weighted by atomic mass is 10.2. The molecule has 2 aromatic heterocycles. The molecule has 0 unspecified atom stereocenters. The summed E-state index contributed by atoms with van der Waals surface area (Å²) in [4.78, 5) is 8.86. The first-order chi connectivity index (χ1) is 11.3. The van der Waals surface area contributed by atoms with Crippen molar-refractivity contribution in [3.8, 4) is 0 Å². The molecule has 23 heavy (non-hydrogen) atoms. The summed E-state index contributed by atoms with van der Waals surface area (Å²) < 4.78 is 1.17. The van der Waals surface area contributed by atoms with E-state index in [0.29, 0.717) is 6.54 Å². The Morgan fingerprint density at radius 3 is 2.78 bits per heavy atom. The zero-order chi connectivity index (χ0) is 16.1. The molecule has 0 aliphatic heterocycles. The van der Waals surface area contributed by atoms with Gasteiger partial charge in [-0.05, 0) is 41.5 Å². The van der Waals surface area contributed by atoms with Crippen LogP contribution in [-0.4, -0.2) is 17.0 Å². The molecule has 0 aliphatic carbocycles. The maximum absolute atomic E-state index is 5.67. The smallest absolute Gasteiger partial charge is 0.125 e. The normalized spacial score (nSPS) is 11.7. The van der Waals surface area contributed by atoms with Crippen LogP contribution in [0.5, 0.6) is 0 Å². The van der Waals surface area contributed by atoms with Gasteiger partial charge in [-0.3, -0.25) is 0 Å². The minimum Gasteiger partial charge on any atom is -0.373 e. The molecule has 5 heteroatoms. The number of hydrogen-bond donors (Lipinski definition) is 2. The van der Waals surface area contributed by atoms with Crippen LogP contribution in [0.15, 0.2) is 48.7 Å². The first-order valence-corrected chi connectivity index (χ1v) is 8.18. The summed E-state index contributed by atoms with van der Waals surface area (Å²) in [6, 6.07) is 10.1. The predicted octanol–water partition coefficient (Wildman–Crippen LogP) is 3.92. The Labute approximate surface area is 139 Å². The zero-order valence-electron chi connectivity index (χ0n) is 12.9. The van der Waals surface area contributed by atoms with Crippen molar-refractivity contribution in [1.29, 1.82) is 0 Å². The Balaban J connectivity index is 1.70. The van der Waals surface area contributed by atoms with Gasteiger partial charge in [0, 0.05) is 19.8 Å². The summed E-state index contributed by atoms with van der Waals surface area (Å²) in [5, 5.41) is 3.99. The van der Waals surface area contributed by atoms with Gasteiger partial charge in [0.15, 0.2) is 0 Å². The van der Waals surface area contributed by atoms with Gasteiger partial charge < -0.3 is 11.1 Å². The van der Waals surface area contributed by atoms with Crippen molar-refractivity contribution in [1.82, 2.24) is 9.97 Å². The Hall–Kier alpha value is -2.50. The summed E-state index contributed by atoms with van der Waals surface area (Å²) in [7, 11) is 1.86. The van der Waals surface area contributed by atoms with E-state index in [-0.39, 0.29) is 0 Å². The highest BCUT2D eigenvalue weighted by molar-refractivity contribution is 7.19. The van der Waals surface area contributed by atoms with E-state index in [1.807, 2.05) is 61.8 Å².